The maximum Gasteiger partial charge on any atom is 0.306 e. The van der Waals surface area contributed by atoms with Gasteiger partial charge in [-0.15, -0.1) is 0 Å². The minimum atomic E-state index is -2.96. The molecule has 137 heavy (non-hydrogen) atoms. The van der Waals surface area contributed by atoms with Gasteiger partial charge < -0.3 is 73.2 Å². The zero-order valence-electron chi connectivity index (χ0n) is 89.4. The van der Waals surface area contributed by atoms with E-state index in [1.807, 2.05) is 171 Å². The molecule has 1 aromatic heterocycles. The number of aliphatic hydroxyl groups is 6. The van der Waals surface area contributed by atoms with E-state index in [2.05, 4.69) is 17.0 Å². The van der Waals surface area contributed by atoms with Crippen molar-refractivity contribution in [1.82, 2.24) is 10.1 Å². The summed E-state index contributed by atoms with van der Waals surface area (Å²) >= 11 is 0. The topological polar surface area (TPSA) is 352 Å². The number of hydrogen-bond donors (Lipinski definition) is 6. The Labute approximate surface area is 821 Å². The van der Waals surface area contributed by atoms with Crippen LogP contribution in [0.4, 0.5) is 17.6 Å². The average Bonchev–Trinajstić information content (AvgIpc) is 1.70. The summed E-state index contributed by atoms with van der Waals surface area (Å²) in [5, 5.41) is 62.1. The van der Waals surface area contributed by atoms with Gasteiger partial charge in [0, 0.05) is 83.8 Å². The molecule has 0 amide bonds. The highest BCUT2D eigenvalue weighted by molar-refractivity contribution is 5.79. The first-order chi connectivity index (χ1) is 62.9. The fourth-order valence-corrected chi connectivity index (χ4v) is 19.5. The number of likely N-dealkylation sites (tertiary alicyclic amines) is 1. The Balaban J connectivity index is 0.000000418. The van der Waals surface area contributed by atoms with Gasteiger partial charge >= 0.3 is 41.8 Å². The van der Waals surface area contributed by atoms with Crippen molar-refractivity contribution in [3.63, 3.8) is 0 Å². The molecule has 9 rings (SSSR count). The molecule has 0 radical (unpaired) electrons. The number of allylic oxidation sites excluding steroid dienone is 1. The van der Waals surface area contributed by atoms with Gasteiger partial charge in [-0.2, -0.15) is 0 Å². The van der Waals surface area contributed by atoms with E-state index >= 15 is 4.39 Å². The van der Waals surface area contributed by atoms with Crippen molar-refractivity contribution in [3.05, 3.63) is 42.0 Å². The van der Waals surface area contributed by atoms with Crippen molar-refractivity contribution < 1.29 is 124 Å². The number of piperidine rings is 1. The van der Waals surface area contributed by atoms with Gasteiger partial charge in [-0.1, -0.05) is 44.0 Å². The number of aromatic nitrogens is 1. The lowest BCUT2D eigenvalue weighted by Gasteiger charge is -2.37. The highest BCUT2D eigenvalue weighted by Gasteiger charge is 2.43. The van der Waals surface area contributed by atoms with Crippen LogP contribution in [-0.4, -0.2) is 187 Å². The van der Waals surface area contributed by atoms with Crippen LogP contribution in [0.25, 0.3) is 0 Å². The molecule has 28 heteroatoms. The van der Waals surface area contributed by atoms with Crippen molar-refractivity contribution in [3.8, 4) is 0 Å². The zero-order valence-corrected chi connectivity index (χ0v) is 89.4. The van der Waals surface area contributed by atoms with Gasteiger partial charge in [0.05, 0.1) is 39.9 Å². The van der Waals surface area contributed by atoms with Gasteiger partial charge in [-0.05, 0) is 418 Å². The number of halogens is 4. The lowest BCUT2D eigenvalue weighted by atomic mass is 9.76. The summed E-state index contributed by atoms with van der Waals surface area (Å²) in [5.41, 5.74) is -7.65. The Bertz CT molecular complexity index is 3550. The molecule has 1 aliphatic heterocycles. The number of esters is 7. The van der Waals surface area contributed by atoms with E-state index in [1.54, 1.807) is 0 Å². The third-order valence-electron chi connectivity index (χ3n) is 26.6. The molecule has 0 atom stereocenters. The first-order valence-electron chi connectivity index (χ1n) is 51.8. The summed E-state index contributed by atoms with van der Waals surface area (Å²) in [7, 11) is 0. The molecule has 0 aromatic carbocycles. The normalized spacial score (nSPS) is 27.4. The molecule has 7 aliphatic carbocycles. The summed E-state index contributed by atoms with van der Waals surface area (Å²) < 4.78 is 99.1. The highest BCUT2D eigenvalue weighted by atomic mass is 19.3. The quantitative estimate of drug-likeness (QED) is 0.0157. The van der Waals surface area contributed by atoms with Gasteiger partial charge in [-0.25, -0.2) is 17.6 Å². The van der Waals surface area contributed by atoms with E-state index in [0.29, 0.717) is 202 Å². The molecule has 2 heterocycles. The number of alkyl halides is 4. The number of ether oxygens (including phenoxy) is 7. The van der Waals surface area contributed by atoms with Crippen molar-refractivity contribution in [2.75, 3.05) is 26.2 Å². The maximum atomic E-state index is 15.3. The highest BCUT2D eigenvalue weighted by Crippen LogP contribution is 2.45. The summed E-state index contributed by atoms with van der Waals surface area (Å²) in [6.07, 6.45) is 36.7. The van der Waals surface area contributed by atoms with Crippen LogP contribution in [0.5, 0.6) is 0 Å². The Kier molecular flexibility index (Phi) is 51.4. The van der Waals surface area contributed by atoms with Crippen LogP contribution in [0.1, 0.15) is 466 Å². The molecular formula is C109H188F4N2O22. The van der Waals surface area contributed by atoms with E-state index in [-0.39, 0.29) is 71.7 Å². The monoisotopic (exact) mass is 1950 g/mol. The molecule has 8 fully saturated rings. The predicted octanol–water partition coefficient (Wildman–Crippen LogP) is 24.3. The van der Waals surface area contributed by atoms with Gasteiger partial charge in [0.15, 0.2) is 0 Å². The SMILES string of the molecule is C/C=C/C1(O)CCC(CC(=O)OC(C)(C)C)CC1.CC(C)(C)OC(=O)CC1CCC(=O)CC1.CC(C)(C)OC(=O)CC1CCC(F)(CCN2CCC(c3nocc3C(C)(F)F)CC2)CC1.CC(C)(C)OC(=O)CC1CCC(O)(/C=C/O)CC1.CC(C)(C)OC(=O)CC1CCC(O)(CCO)CC1.CCCC1(F)CCC(CC(=O)OC(C)(C)C)CC1.CCCC1(O)CCC(CC(=O)OC(C)(C)C)CC1. The smallest absolute Gasteiger partial charge is 0.306 e. The second-order valence-corrected chi connectivity index (χ2v) is 48.3. The Morgan fingerprint density at radius 1 is 0.401 bits per heavy atom. The van der Waals surface area contributed by atoms with E-state index in [4.69, 9.17) is 47.9 Å². The second-order valence-electron chi connectivity index (χ2n) is 48.3. The molecule has 7 saturated carbocycles. The average molecular weight is 1950 g/mol. The van der Waals surface area contributed by atoms with Crippen LogP contribution in [0.2, 0.25) is 0 Å². The molecule has 24 nitrogen and oxygen atoms in total. The number of aliphatic hydroxyl groups excluding tert-OH is 2. The second kappa shape index (κ2) is 56.3. The van der Waals surface area contributed by atoms with Gasteiger partial charge in [0.2, 0.25) is 0 Å². The molecule has 6 N–H and O–H groups in total. The van der Waals surface area contributed by atoms with Gasteiger partial charge in [0.1, 0.15) is 62.6 Å². The zero-order chi connectivity index (χ0) is 104. The number of nitrogens with zero attached hydrogens (tertiary/aromatic N) is 2. The number of carbonyl (C=O) groups excluding carboxylic acids is 8. The van der Waals surface area contributed by atoms with Crippen LogP contribution >= 0.6 is 0 Å². The van der Waals surface area contributed by atoms with Crippen LogP contribution in [-0.2, 0) is 77.4 Å². The minimum absolute atomic E-state index is 0.0211. The summed E-state index contributed by atoms with van der Waals surface area (Å²) in [4.78, 5) is 95.3. The Morgan fingerprint density at radius 3 is 0.927 bits per heavy atom. The first kappa shape index (κ1) is 125. The summed E-state index contributed by atoms with van der Waals surface area (Å²) in [6, 6.07) is 0. The van der Waals surface area contributed by atoms with E-state index < -0.39 is 78.9 Å². The van der Waals surface area contributed by atoms with E-state index in [0.717, 1.165) is 155 Å². The van der Waals surface area contributed by atoms with Crippen molar-refractivity contribution >= 4 is 47.6 Å². The third kappa shape index (κ3) is 56.0. The number of rotatable bonds is 27. The Hall–Kier alpha value is -6.07. The minimum Gasteiger partial charge on any atom is -0.516 e. The van der Waals surface area contributed by atoms with Crippen molar-refractivity contribution in [2.45, 2.75) is 534 Å². The predicted molar refractivity (Wildman–Crippen MR) is 527 cm³/mol. The number of carbonyl (C=O) groups is 8. The molecule has 0 unspecified atom stereocenters. The molecule has 1 aromatic rings. The number of hydrogen-bond acceptors (Lipinski definition) is 24. The van der Waals surface area contributed by atoms with Gasteiger partial charge in [-0.3, -0.25) is 38.4 Å². The molecule has 0 bridgehead atoms. The van der Waals surface area contributed by atoms with Crippen LogP contribution in [0, 0.1) is 41.4 Å². The molecule has 8 aliphatic rings. The number of ketones is 1. The molecule has 1 saturated heterocycles. The summed E-state index contributed by atoms with van der Waals surface area (Å²) in [6.45, 7) is 48.4. The van der Waals surface area contributed by atoms with Crippen LogP contribution in [0.3, 0.4) is 0 Å². The van der Waals surface area contributed by atoms with E-state index in [9.17, 15) is 72.0 Å². The first-order valence-corrected chi connectivity index (χ1v) is 51.8. The maximum absolute atomic E-state index is 15.3. The standard InChI is InChI=1S/C24H37F3N2O3.C15H27FO2.C15H28O3.C15H26O3.C14H26O4.C14H24O4.C12H20O3/c1-22(2,3)32-20(30)15-17-5-9-24(27,10-6-17)11-14-29-12-7-18(8-13-29)21-19(16-31-28-21)23(4,25)26;1-5-8-15(16)9-6-12(7-10-15)11-13(17)18-14(2,3)4;2*1-5-8-15(17)9-6-12(7-10-15)11-13(16)18-14(2,3)4;2*1-13(2,3)18-12(16)10-11-4-6-14(17,7-5-11)8-9-15;1-12(2,3)15-11(14)8-9-4-6-10(13)7-5-9/h16-18H,5-15H2,1-4H3;12H,5-11H2,1-4H3;12,17H,5-11H2,1-4H3;5,8,12,17H,6-7,9-11H2,1-4H3;11,15,17H,4-10H2,1-3H3;8-9,11,15,17H,4-7,10H2,1-3H3;9H,4-8H2,1-3H3/b;;;8-5+;;9-8+;. The summed E-state index contributed by atoms with van der Waals surface area (Å²) in [5.74, 6) is -1.56. The van der Waals surface area contributed by atoms with Crippen molar-refractivity contribution in [2.24, 2.45) is 41.4 Å². The lowest BCUT2D eigenvalue weighted by Crippen LogP contribution is -2.39. The van der Waals surface area contributed by atoms with Crippen molar-refractivity contribution in [1.29, 1.82) is 0 Å². The van der Waals surface area contributed by atoms with Crippen LogP contribution in [0.15, 0.2) is 35.3 Å². The van der Waals surface area contributed by atoms with Gasteiger partial charge in [0.25, 0.3) is 5.92 Å². The van der Waals surface area contributed by atoms with E-state index in [1.165, 1.54) is 6.08 Å². The molecular weight excluding hydrogens is 1770 g/mol. The largest absolute Gasteiger partial charge is 0.516 e. The Morgan fingerprint density at radius 2 is 0.664 bits per heavy atom. The third-order valence-corrected chi connectivity index (χ3v) is 26.6. The van der Waals surface area contributed by atoms with Crippen LogP contribution < -0.4 is 0 Å². The fraction of sp³-hybridized carbons (Fsp3) is 0.862. The molecule has 794 valence electrons. The fourth-order valence-electron chi connectivity index (χ4n) is 19.5. The number of Topliss-reactive ketones (excluding diaryl/α,β-unsaturated/α-hetero) is 1. The molecule has 0 spiro atoms. The lowest BCUT2D eigenvalue weighted by molar-refractivity contribution is -0.157.